The number of carbonyl (C=O) groups excluding carboxylic acids is 1. The molecule has 3 nitrogen and oxygen atoms in total. The van der Waals surface area contributed by atoms with Gasteiger partial charge in [0.05, 0.1) is 0 Å². The van der Waals surface area contributed by atoms with Gasteiger partial charge in [0.2, 0.25) is 6.16 Å². The molecule has 0 saturated heterocycles. The van der Waals surface area contributed by atoms with E-state index in [1.165, 1.54) is 0 Å². The van der Waals surface area contributed by atoms with Gasteiger partial charge in [-0.3, -0.25) is 0 Å². The predicted octanol–water partition coefficient (Wildman–Crippen LogP) is -5.37. The van der Waals surface area contributed by atoms with Crippen LogP contribution < -0.4 is 34.7 Å². The number of rotatable bonds is 0. The number of carbonyl (C=O) groups is 1. The van der Waals surface area contributed by atoms with Crippen molar-refractivity contribution in [3.63, 3.8) is 0 Å². The molecule has 0 amide bonds. The monoisotopic (exact) mass is 114 g/mol. The van der Waals surface area contributed by atoms with Crippen LogP contribution in [0.1, 0.15) is 0 Å². The third kappa shape index (κ3) is 8.82. The van der Waals surface area contributed by atoms with Gasteiger partial charge in [-0.2, -0.15) is 0 Å². The summed E-state index contributed by atoms with van der Waals surface area (Å²) in [5, 5.41) is 9.07. The molecule has 0 aliphatic carbocycles. The van der Waals surface area contributed by atoms with E-state index in [-0.39, 0.29) is 40.0 Å². The van der Waals surface area contributed by atoms with Crippen LogP contribution in [-0.4, -0.2) is 16.6 Å². The summed E-state index contributed by atoms with van der Waals surface area (Å²) in [6.45, 7) is 0. The van der Waals surface area contributed by atoms with E-state index in [1.54, 1.807) is 0 Å². The van der Waals surface area contributed by atoms with Crippen LogP contribution in [0.4, 0.5) is 4.79 Å². The first-order valence-electron chi connectivity index (χ1n) is 1.02. The Morgan fingerprint density at radius 3 is 2.00 bits per heavy atom. The van der Waals surface area contributed by atoms with Crippen molar-refractivity contribution in [3.05, 3.63) is 0 Å². The number of hydrogen-bond donors (Lipinski definition) is 0. The van der Waals surface area contributed by atoms with Crippen LogP contribution in [0.25, 0.3) is 0 Å². The molecular weight excluding hydrogens is 111 g/mol. The van der Waals surface area contributed by atoms with Crippen molar-refractivity contribution < 1.29 is 43.9 Å². The molecule has 0 unspecified atom stereocenters. The Bertz CT molecular complexity index is 46.1. The Hall–Kier alpha value is 0.487. The van der Waals surface area contributed by atoms with Crippen LogP contribution in [0.5, 0.6) is 0 Å². The third-order valence-electron chi connectivity index (χ3n) is 0.167. The second-order valence-electron chi connectivity index (χ2n) is 0.454. The summed E-state index contributed by atoms with van der Waals surface area (Å²) in [5.74, 6) is 0. The molecular formula is CH3NaO3Si. The maximum absolute atomic E-state index is 9.07. The Morgan fingerprint density at radius 2 is 2.00 bits per heavy atom. The maximum atomic E-state index is 9.07. The summed E-state index contributed by atoms with van der Waals surface area (Å²) in [6, 6.07) is 0. The van der Waals surface area contributed by atoms with E-state index in [0.29, 0.717) is 0 Å². The fourth-order valence-corrected chi connectivity index (χ4v) is 0. The molecule has 0 aromatic rings. The van der Waals surface area contributed by atoms with Crippen LogP contribution in [0.15, 0.2) is 0 Å². The zero-order valence-corrected chi connectivity index (χ0v) is 7.72. The van der Waals surface area contributed by atoms with Crippen molar-refractivity contribution in [3.8, 4) is 0 Å². The van der Waals surface area contributed by atoms with E-state index >= 15 is 0 Å². The van der Waals surface area contributed by atoms with Crippen LogP contribution in [-0.2, 0) is 4.43 Å². The van der Waals surface area contributed by atoms with Gasteiger partial charge in [0.25, 0.3) is 0 Å². The molecule has 0 saturated carbocycles. The quantitative estimate of drug-likeness (QED) is 0.295. The van der Waals surface area contributed by atoms with Gasteiger partial charge in [-0.15, -0.1) is 0 Å². The van der Waals surface area contributed by atoms with Crippen LogP contribution in [0.3, 0.4) is 0 Å². The molecule has 0 rings (SSSR count). The molecule has 0 aliphatic rings. The first-order valence-corrected chi connectivity index (χ1v) is 1.84. The second kappa shape index (κ2) is 5.49. The molecule has 0 radical (unpaired) electrons. The van der Waals surface area contributed by atoms with E-state index in [0.717, 1.165) is 0 Å². The Morgan fingerprint density at radius 1 is 1.83 bits per heavy atom. The number of carboxylic acid groups (broad SMARTS) is 1. The summed E-state index contributed by atoms with van der Waals surface area (Å²) in [5.41, 5.74) is 0. The molecule has 0 aromatic carbocycles. The summed E-state index contributed by atoms with van der Waals surface area (Å²) >= 11 is 0. The standard InChI is InChI=1S/CH4O3Si.Na/c2-1(3)4-5;/h5H3,(H,2,3);/q;+1/p-1. The van der Waals surface area contributed by atoms with Gasteiger partial charge in [-0.1, -0.05) is 0 Å². The number of hydrogen-bond acceptors (Lipinski definition) is 3. The van der Waals surface area contributed by atoms with Crippen molar-refractivity contribution in [1.29, 1.82) is 0 Å². The van der Waals surface area contributed by atoms with E-state index in [2.05, 4.69) is 4.43 Å². The fourth-order valence-electron chi connectivity index (χ4n) is 0. The minimum Gasteiger partial charge on any atom is -0.592 e. The Balaban J connectivity index is 0. The van der Waals surface area contributed by atoms with Crippen molar-refractivity contribution in [2.24, 2.45) is 0 Å². The van der Waals surface area contributed by atoms with Gasteiger partial charge in [-0.25, -0.2) is 0 Å². The molecule has 6 heavy (non-hydrogen) atoms. The minimum absolute atomic E-state index is 0. The van der Waals surface area contributed by atoms with Gasteiger partial charge < -0.3 is 14.3 Å². The molecule has 0 bridgehead atoms. The zero-order chi connectivity index (χ0) is 4.28. The maximum Gasteiger partial charge on any atom is 1.00 e. The molecule has 5 heteroatoms. The normalized spacial score (nSPS) is 6.00. The summed E-state index contributed by atoms with van der Waals surface area (Å²) in [7, 11) is 0.211. The molecule has 0 spiro atoms. The SMILES string of the molecule is O=C([O-])O[SiH3].[Na+]. The van der Waals surface area contributed by atoms with Gasteiger partial charge in [0.1, 0.15) is 10.5 Å². The topological polar surface area (TPSA) is 49.4 Å². The largest absolute Gasteiger partial charge is 1.00 e. The molecule has 0 aliphatic heterocycles. The first-order chi connectivity index (χ1) is 2.27. The first kappa shape index (κ1) is 9.70. The summed E-state index contributed by atoms with van der Waals surface area (Å²) in [6.07, 6.45) is -1.43. The van der Waals surface area contributed by atoms with Gasteiger partial charge in [0, 0.05) is 0 Å². The molecule has 0 N–H and O–H groups in total. The summed E-state index contributed by atoms with van der Waals surface area (Å²) in [4.78, 5) is 9.07. The van der Waals surface area contributed by atoms with Crippen LogP contribution in [0, 0.1) is 0 Å². The van der Waals surface area contributed by atoms with Gasteiger partial charge in [0.15, 0.2) is 0 Å². The van der Waals surface area contributed by atoms with E-state index in [1.807, 2.05) is 0 Å². The molecule has 0 aromatic heterocycles. The van der Waals surface area contributed by atoms with Gasteiger partial charge >= 0.3 is 29.6 Å². The van der Waals surface area contributed by atoms with Crippen molar-refractivity contribution in [1.82, 2.24) is 0 Å². The van der Waals surface area contributed by atoms with Gasteiger partial charge in [-0.05, 0) is 0 Å². The average Bonchev–Trinajstić information content (AvgIpc) is 1.38. The van der Waals surface area contributed by atoms with E-state index in [9.17, 15) is 0 Å². The van der Waals surface area contributed by atoms with E-state index in [4.69, 9.17) is 9.90 Å². The van der Waals surface area contributed by atoms with Crippen molar-refractivity contribution in [2.45, 2.75) is 0 Å². The zero-order valence-electron chi connectivity index (χ0n) is 3.72. The fraction of sp³-hybridized carbons (Fsp3) is 0. The molecule has 0 atom stereocenters. The van der Waals surface area contributed by atoms with E-state index < -0.39 is 6.16 Å². The second-order valence-corrected chi connectivity index (χ2v) is 0.862. The van der Waals surface area contributed by atoms with Crippen LogP contribution >= 0.6 is 0 Å². The smallest absolute Gasteiger partial charge is 0.592 e. The third-order valence-corrected chi connectivity index (χ3v) is 0.500. The van der Waals surface area contributed by atoms with Crippen molar-refractivity contribution in [2.75, 3.05) is 0 Å². The Labute approximate surface area is 60.5 Å². The minimum atomic E-state index is -1.43. The van der Waals surface area contributed by atoms with Crippen molar-refractivity contribution >= 4 is 16.6 Å². The molecule has 30 valence electrons. The predicted molar refractivity (Wildman–Crippen MR) is 16.4 cm³/mol. The van der Waals surface area contributed by atoms with Crippen LogP contribution in [0.2, 0.25) is 0 Å². The average molecular weight is 114 g/mol. The summed E-state index contributed by atoms with van der Waals surface area (Å²) < 4.78 is 3.69. The Kier molecular flexibility index (Phi) is 8.87. The molecule has 0 fully saturated rings. The molecule has 0 heterocycles.